The molecule has 1 fully saturated rings. The van der Waals surface area contributed by atoms with Gasteiger partial charge in [0.2, 0.25) is 0 Å². The zero-order valence-electron chi connectivity index (χ0n) is 15.3. The first kappa shape index (κ1) is 17.5. The Balaban J connectivity index is 1.49. The number of benzene rings is 2. The van der Waals surface area contributed by atoms with Crippen LogP contribution in [0.5, 0.6) is 0 Å². The summed E-state index contributed by atoms with van der Waals surface area (Å²) in [5.41, 5.74) is 5.69. The molecule has 0 spiro atoms. The summed E-state index contributed by atoms with van der Waals surface area (Å²) in [6.45, 7) is 7.10. The van der Waals surface area contributed by atoms with Gasteiger partial charge >= 0.3 is 0 Å². The van der Waals surface area contributed by atoms with E-state index in [-0.39, 0.29) is 5.91 Å². The standard InChI is InChI=1S/C22H28N2O/c1-17-6-9-20(16-18(17)2)22(25)23-13-12-19-7-10-21(11-8-19)24-14-4-3-5-15-24/h6-11,16H,3-5,12-15H2,1-2H3,(H,23,25). The molecule has 2 aromatic rings. The second kappa shape index (κ2) is 8.19. The van der Waals surface area contributed by atoms with Crippen molar-refractivity contribution < 1.29 is 4.79 Å². The SMILES string of the molecule is Cc1ccc(C(=O)NCCc2ccc(N3CCCCC3)cc2)cc1C. The van der Waals surface area contributed by atoms with Crippen molar-refractivity contribution in [3.63, 3.8) is 0 Å². The molecule has 3 rings (SSSR count). The van der Waals surface area contributed by atoms with Crippen molar-refractivity contribution in [2.24, 2.45) is 0 Å². The fourth-order valence-corrected chi connectivity index (χ4v) is 3.33. The zero-order chi connectivity index (χ0) is 17.6. The summed E-state index contributed by atoms with van der Waals surface area (Å²) in [6, 6.07) is 14.7. The summed E-state index contributed by atoms with van der Waals surface area (Å²) in [5, 5.41) is 3.02. The fourth-order valence-electron chi connectivity index (χ4n) is 3.33. The molecule has 0 radical (unpaired) electrons. The summed E-state index contributed by atoms with van der Waals surface area (Å²) >= 11 is 0. The monoisotopic (exact) mass is 336 g/mol. The largest absolute Gasteiger partial charge is 0.372 e. The molecule has 3 nitrogen and oxygen atoms in total. The Kier molecular flexibility index (Phi) is 5.75. The number of amides is 1. The highest BCUT2D eigenvalue weighted by Crippen LogP contribution is 2.20. The third kappa shape index (κ3) is 4.62. The van der Waals surface area contributed by atoms with Crippen LogP contribution in [0.3, 0.4) is 0 Å². The molecule has 1 amide bonds. The lowest BCUT2D eigenvalue weighted by atomic mass is 10.1. The third-order valence-corrected chi connectivity index (χ3v) is 5.13. The highest BCUT2D eigenvalue weighted by atomic mass is 16.1. The number of anilines is 1. The second-order valence-corrected chi connectivity index (χ2v) is 7.02. The first-order chi connectivity index (χ1) is 12.1. The Bertz CT molecular complexity index is 715. The van der Waals surface area contributed by atoms with E-state index in [2.05, 4.69) is 41.4 Å². The normalized spacial score (nSPS) is 14.4. The number of aryl methyl sites for hydroxylation is 2. The maximum Gasteiger partial charge on any atom is 0.251 e. The second-order valence-electron chi connectivity index (χ2n) is 7.02. The number of piperidine rings is 1. The maximum absolute atomic E-state index is 12.2. The smallest absolute Gasteiger partial charge is 0.251 e. The van der Waals surface area contributed by atoms with Gasteiger partial charge in [-0.25, -0.2) is 0 Å². The van der Waals surface area contributed by atoms with Crippen LogP contribution in [0.2, 0.25) is 0 Å². The average Bonchev–Trinajstić information content (AvgIpc) is 2.65. The maximum atomic E-state index is 12.2. The van der Waals surface area contributed by atoms with Crippen molar-refractivity contribution in [2.75, 3.05) is 24.5 Å². The van der Waals surface area contributed by atoms with E-state index in [1.165, 1.54) is 49.2 Å². The van der Waals surface area contributed by atoms with Gasteiger partial charge < -0.3 is 10.2 Å². The minimum absolute atomic E-state index is 0.00744. The molecule has 0 aliphatic carbocycles. The zero-order valence-corrected chi connectivity index (χ0v) is 15.3. The van der Waals surface area contributed by atoms with Crippen molar-refractivity contribution in [2.45, 2.75) is 39.5 Å². The van der Waals surface area contributed by atoms with Gasteiger partial charge in [-0.15, -0.1) is 0 Å². The van der Waals surface area contributed by atoms with Gasteiger partial charge in [0, 0.05) is 30.9 Å². The van der Waals surface area contributed by atoms with Gasteiger partial charge in [-0.05, 0) is 80.5 Å². The molecule has 0 aromatic heterocycles. The molecule has 132 valence electrons. The summed E-state index contributed by atoms with van der Waals surface area (Å²) < 4.78 is 0. The topological polar surface area (TPSA) is 32.3 Å². The van der Waals surface area contributed by atoms with Crippen LogP contribution in [0.1, 0.15) is 46.3 Å². The lowest BCUT2D eigenvalue weighted by molar-refractivity contribution is 0.0954. The van der Waals surface area contributed by atoms with Crippen LogP contribution < -0.4 is 10.2 Å². The molecule has 0 atom stereocenters. The van der Waals surface area contributed by atoms with Gasteiger partial charge in [-0.3, -0.25) is 4.79 Å². The predicted octanol–water partition coefficient (Wildman–Crippen LogP) is 4.27. The summed E-state index contributed by atoms with van der Waals surface area (Å²) in [7, 11) is 0. The number of hydrogen-bond acceptors (Lipinski definition) is 2. The molecule has 1 aliphatic heterocycles. The molecule has 0 bridgehead atoms. The van der Waals surface area contributed by atoms with Gasteiger partial charge in [-0.1, -0.05) is 18.2 Å². The predicted molar refractivity (Wildman–Crippen MR) is 104 cm³/mol. The third-order valence-electron chi connectivity index (χ3n) is 5.13. The van der Waals surface area contributed by atoms with Gasteiger partial charge in [0.25, 0.3) is 5.91 Å². The van der Waals surface area contributed by atoms with Gasteiger partial charge in [0.15, 0.2) is 0 Å². The van der Waals surface area contributed by atoms with Crippen molar-refractivity contribution in [1.29, 1.82) is 0 Å². The quantitative estimate of drug-likeness (QED) is 0.884. The molecule has 1 saturated heterocycles. The molecule has 0 saturated carbocycles. The van der Waals surface area contributed by atoms with E-state index in [9.17, 15) is 4.79 Å². The molecule has 0 unspecified atom stereocenters. The summed E-state index contributed by atoms with van der Waals surface area (Å²) in [6.07, 6.45) is 4.81. The molecule has 25 heavy (non-hydrogen) atoms. The van der Waals surface area contributed by atoms with Gasteiger partial charge in [-0.2, -0.15) is 0 Å². The number of carbonyl (C=O) groups is 1. The average molecular weight is 336 g/mol. The minimum Gasteiger partial charge on any atom is -0.372 e. The van der Waals surface area contributed by atoms with Crippen molar-refractivity contribution in [3.05, 3.63) is 64.7 Å². The highest BCUT2D eigenvalue weighted by molar-refractivity contribution is 5.94. The molecule has 1 heterocycles. The van der Waals surface area contributed by atoms with E-state index < -0.39 is 0 Å². The van der Waals surface area contributed by atoms with Crippen molar-refractivity contribution in [1.82, 2.24) is 5.32 Å². The van der Waals surface area contributed by atoms with E-state index in [0.717, 1.165) is 17.5 Å². The van der Waals surface area contributed by atoms with Crippen molar-refractivity contribution in [3.8, 4) is 0 Å². The lowest BCUT2D eigenvalue weighted by Crippen LogP contribution is -2.29. The Morgan fingerprint density at radius 3 is 2.36 bits per heavy atom. The van der Waals surface area contributed by atoms with E-state index in [1.807, 2.05) is 25.1 Å². The van der Waals surface area contributed by atoms with Crippen LogP contribution in [0.15, 0.2) is 42.5 Å². The van der Waals surface area contributed by atoms with Gasteiger partial charge in [0.05, 0.1) is 0 Å². The Morgan fingerprint density at radius 2 is 1.68 bits per heavy atom. The van der Waals surface area contributed by atoms with E-state index in [4.69, 9.17) is 0 Å². The molecule has 1 N–H and O–H groups in total. The number of nitrogens with zero attached hydrogens (tertiary/aromatic N) is 1. The lowest BCUT2D eigenvalue weighted by Gasteiger charge is -2.28. The van der Waals surface area contributed by atoms with Crippen LogP contribution >= 0.6 is 0 Å². The molecule has 2 aromatic carbocycles. The highest BCUT2D eigenvalue weighted by Gasteiger charge is 2.10. The van der Waals surface area contributed by atoms with Crippen LogP contribution in [-0.2, 0) is 6.42 Å². The summed E-state index contributed by atoms with van der Waals surface area (Å²) in [4.78, 5) is 14.7. The number of hydrogen-bond donors (Lipinski definition) is 1. The summed E-state index contributed by atoms with van der Waals surface area (Å²) in [5.74, 6) is 0.00744. The Morgan fingerprint density at radius 1 is 0.960 bits per heavy atom. The fraction of sp³-hybridized carbons (Fsp3) is 0.409. The van der Waals surface area contributed by atoms with Crippen LogP contribution in [0.25, 0.3) is 0 Å². The minimum atomic E-state index is 0.00744. The Hall–Kier alpha value is -2.29. The van der Waals surface area contributed by atoms with Crippen molar-refractivity contribution >= 4 is 11.6 Å². The molecule has 1 aliphatic rings. The molecule has 3 heteroatoms. The number of nitrogens with one attached hydrogen (secondary N) is 1. The van der Waals surface area contributed by atoms with Crippen LogP contribution in [0, 0.1) is 13.8 Å². The van der Waals surface area contributed by atoms with Crippen LogP contribution in [-0.4, -0.2) is 25.5 Å². The van der Waals surface area contributed by atoms with E-state index >= 15 is 0 Å². The van der Waals surface area contributed by atoms with Gasteiger partial charge in [0.1, 0.15) is 0 Å². The Labute approximate surface area is 151 Å². The van der Waals surface area contributed by atoms with Crippen LogP contribution in [0.4, 0.5) is 5.69 Å². The van der Waals surface area contributed by atoms with E-state index in [0.29, 0.717) is 6.54 Å². The number of carbonyl (C=O) groups excluding carboxylic acids is 1. The first-order valence-corrected chi connectivity index (χ1v) is 9.33. The molecular weight excluding hydrogens is 308 g/mol. The first-order valence-electron chi connectivity index (χ1n) is 9.33. The number of rotatable bonds is 5. The van der Waals surface area contributed by atoms with E-state index in [1.54, 1.807) is 0 Å². The molecular formula is C22H28N2O.